The van der Waals surface area contributed by atoms with Crippen LogP contribution in [0.5, 0.6) is 0 Å². The first-order valence-electron chi connectivity index (χ1n) is 5.54. The van der Waals surface area contributed by atoms with Gasteiger partial charge in [-0.1, -0.05) is 27.2 Å². The Hall–Kier alpha value is -0.0800. The largest absolute Gasteiger partial charge is 0.392 e. The van der Waals surface area contributed by atoms with Gasteiger partial charge in [-0.3, -0.25) is 0 Å². The second kappa shape index (κ2) is 4.97. The highest BCUT2D eigenvalue weighted by atomic mass is 16.3. The van der Waals surface area contributed by atoms with Gasteiger partial charge in [0.1, 0.15) is 0 Å². The molecule has 0 aliphatic carbocycles. The molecule has 0 aromatic rings. The summed E-state index contributed by atoms with van der Waals surface area (Å²) >= 11 is 0. The molecule has 1 aliphatic heterocycles. The van der Waals surface area contributed by atoms with Crippen LogP contribution in [0.1, 0.15) is 33.6 Å². The molecule has 2 nitrogen and oxygen atoms in total. The molecule has 0 aromatic heterocycles. The summed E-state index contributed by atoms with van der Waals surface area (Å²) < 4.78 is 0. The Labute approximate surface area is 81.9 Å². The lowest BCUT2D eigenvalue weighted by Gasteiger charge is -2.42. The zero-order valence-corrected chi connectivity index (χ0v) is 9.16. The fraction of sp³-hybridized carbons (Fsp3) is 1.00. The Morgan fingerprint density at radius 2 is 2.00 bits per heavy atom. The minimum atomic E-state index is -0.0990. The highest BCUT2D eigenvalue weighted by Crippen LogP contribution is 2.23. The Kier molecular flexibility index (Phi) is 4.20. The molecular weight excluding hydrogens is 162 g/mol. The normalized spacial score (nSPS) is 21.9. The fourth-order valence-corrected chi connectivity index (χ4v) is 1.90. The Balaban J connectivity index is 2.07. The summed E-state index contributed by atoms with van der Waals surface area (Å²) in [6, 6.07) is 0. The van der Waals surface area contributed by atoms with Crippen LogP contribution in [0.2, 0.25) is 0 Å². The van der Waals surface area contributed by atoms with Crippen molar-refractivity contribution in [3.63, 3.8) is 0 Å². The van der Waals surface area contributed by atoms with Crippen molar-refractivity contribution in [2.24, 2.45) is 11.8 Å². The van der Waals surface area contributed by atoms with Crippen molar-refractivity contribution < 1.29 is 5.11 Å². The number of aliphatic hydroxyl groups is 1. The lowest BCUT2D eigenvalue weighted by molar-refractivity contribution is 0.0195. The quantitative estimate of drug-likeness (QED) is 0.705. The molecule has 1 rings (SSSR count). The predicted molar refractivity (Wildman–Crippen MR) is 55.7 cm³/mol. The summed E-state index contributed by atoms with van der Waals surface area (Å²) in [5, 5.41) is 9.57. The molecule has 0 radical (unpaired) electrons. The van der Waals surface area contributed by atoms with Crippen LogP contribution in [-0.4, -0.2) is 35.7 Å². The highest BCUT2D eigenvalue weighted by molar-refractivity contribution is 4.82. The molecule has 0 amide bonds. The Morgan fingerprint density at radius 3 is 2.46 bits per heavy atom. The van der Waals surface area contributed by atoms with Gasteiger partial charge in [0.2, 0.25) is 0 Å². The molecule has 0 spiro atoms. The van der Waals surface area contributed by atoms with Gasteiger partial charge in [-0.15, -0.1) is 0 Å². The molecule has 78 valence electrons. The molecule has 13 heavy (non-hydrogen) atoms. The smallest absolute Gasteiger partial charge is 0.0667 e. The number of likely N-dealkylation sites (tertiary alicyclic amines) is 1. The van der Waals surface area contributed by atoms with Crippen LogP contribution < -0.4 is 0 Å². The zero-order valence-electron chi connectivity index (χ0n) is 9.16. The van der Waals surface area contributed by atoms with E-state index in [1.54, 1.807) is 0 Å². The molecule has 1 N–H and O–H groups in total. The zero-order chi connectivity index (χ0) is 9.84. The van der Waals surface area contributed by atoms with Crippen LogP contribution in [0.25, 0.3) is 0 Å². The average molecular weight is 185 g/mol. The van der Waals surface area contributed by atoms with Crippen molar-refractivity contribution in [1.82, 2.24) is 4.90 Å². The molecule has 2 heteroatoms. The first kappa shape index (κ1) is 11.0. The molecular formula is C11H23NO. The number of nitrogens with zero attached hydrogens (tertiary/aromatic N) is 1. The number of β-amino-alcohol motifs (C(OH)–C–C–N with tert-alkyl or cyclic N) is 1. The van der Waals surface area contributed by atoms with Crippen LogP contribution in [0.3, 0.4) is 0 Å². The van der Waals surface area contributed by atoms with Crippen LogP contribution in [0, 0.1) is 11.8 Å². The SMILES string of the molecule is CCCC(O)CN1CC(C(C)C)C1. The lowest BCUT2D eigenvalue weighted by Crippen LogP contribution is -2.51. The minimum absolute atomic E-state index is 0.0990. The van der Waals surface area contributed by atoms with Gasteiger partial charge in [0, 0.05) is 19.6 Å². The number of aliphatic hydroxyl groups excluding tert-OH is 1. The fourth-order valence-electron chi connectivity index (χ4n) is 1.90. The number of hydrogen-bond acceptors (Lipinski definition) is 2. The minimum Gasteiger partial charge on any atom is -0.392 e. The second-order valence-corrected chi connectivity index (χ2v) is 4.67. The third-order valence-corrected chi connectivity index (χ3v) is 3.02. The molecule has 1 atom stereocenters. The van der Waals surface area contributed by atoms with Crippen molar-refractivity contribution in [2.45, 2.75) is 39.7 Å². The van der Waals surface area contributed by atoms with Crippen LogP contribution in [-0.2, 0) is 0 Å². The van der Waals surface area contributed by atoms with Gasteiger partial charge in [-0.25, -0.2) is 0 Å². The Morgan fingerprint density at radius 1 is 1.38 bits per heavy atom. The van der Waals surface area contributed by atoms with Gasteiger partial charge < -0.3 is 10.0 Å². The average Bonchev–Trinajstić information content (AvgIpc) is 1.95. The molecule has 0 aromatic carbocycles. The summed E-state index contributed by atoms with van der Waals surface area (Å²) in [5.41, 5.74) is 0. The van der Waals surface area contributed by atoms with E-state index in [2.05, 4.69) is 25.7 Å². The van der Waals surface area contributed by atoms with Gasteiger partial charge in [0.15, 0.2) is 0 Å². The van der Waals surface area contributed by atoms with E-state index in [0.717, 1.165) is 31.2 Å². The Bertz CT molecular complexity index is 141. The summed E-state index contributed by atoms with van der Waals surface area (Å²) in [7, 11) is 0. The standard InChI is InChI=1S/C11H23NO/c1-4-5-11(13)8-12-6-10(7-12)9(2)3/h9-11,13H,4-8H2,1-3H3. The van der Waals surface area contributed by atoms with E-state index in [4.69, 9.17) is 0 Å². The summed E-state index contributed by atoms with van der Waals surface area (Å²) in [6.07, 6.45) is 1.93. The van der Waals surface area contributed by atoms with Crippen molar-refractivity contribution >= 4 is 0 Å². The highest BCUT2D eigenvalue weighted by Gasteiger charge is 2.29. The van der Waals surface area contributed by atoms with E-state index in [9.17, 15) is 5.11 Å². The summed E-state index contributed by atoms with van der Waals surface area (Å²) in [4.78, 5) is 2.37. The number of rotatable bonds is 5. The maximum Gasteiger partial charge on any atom is 0.0667 e. The van der Waals surface area contributed by atoms with Crippen LogP contribution in [0.4, 0.5) is 0 Å². The van der Waals surface area contributed by atoms with Gasteiger partial charge in [0.25, 0.3) is 0 Å². The summed E-state index contributed by atoms with van der Waals surface area (Å²) in [6.45, 7) is 9.96. The maximum atomic E-state index is 9.57. The van der Waals surface area contributed by atoms with E-state index in [1.807, 2.05) is 0 Å². The monoisotopic (exact) mass is 185 g/mol. The molecule has 1 fully saturated rings. The molecule has 1 aliphatic rings. The van der Waals surface area contributed by atoms with Crippen molar-refractivity contribution in [3.05, 3.63) is 0 Å². The third kappa shape index (κ3) is 3.28. The van der Waals surface area contributed by atoms with Gasteiger partial charge in [-0.2, -0.15) is 0 Å². The van der Waals surface area contributed by atoms with Gasteiger partial charge in [-0.05, 0) is 18.3 Å². The molecule has 1 saturated heterocycles. The van der Waals surface area contributed by atoms with E-state index in [-0.39, 0.29) is 6.10 Å². The second-order valence-electron chi connectivity index (χ2n) is 4.67. The first-order chi connectivity index (χ1) is 6.13. The predicted octanol–water partition coefficient (Wildman–Crippen LogP) is 1.74. The molecule has 0 bridgehead atoms. The van der Waals surface area contributed by atoms with Gasteiger partial charge >= 0.3 is 0 Å². The molecule has 1 unspecified atom stereocenters. The lowest BCUT2D eigenvalue weighted by atomic mass is 9.88. The van der Waals surface area contributed by atoms with Gasteiger partial charge in [0.05, 0.1) is 6.10 Å². The molecule has 1 heterocycles. The van der Waals surface area contributed by atoms with Crippen molar-refractivity contribution in [2.75, 3.05) is 19.6 Å². The number of hydrogen-bond donors (Lipinski definition) is 1. The van der Waals surface area contributed by atoms with E-state index < -0.39 is 0 Å². The van der Waals surface area contributed by atoms with Crippen molar-refractivity contribution in [1.29, 1.82) is 0 Å². The van der Waals surface area contributed by atoms with E-state index >= 15 is 0 Å². The first-order valence-corrected chi connectivity index (χ1v) is 5.54. The third-order valence-electron chi connectivity index (χ3n) is 3.02. The van der Waals surface area contributed by atoms with Crippen molar-refractivity contribution in [3.8, 4) is 0 Å². The van der Waals surface area contributed by atoms with E-state index in [1.165, 1.54) is 13.1 Å². The van der Waals surface area contributed by atoms with Crippen LogP contribution in [0.15, 0.2) is 0 Å². The maximum absolute atomic E-state index is 9.57. The topological polar surface area (TPSA) is 23.5 Å². The summed E-state index contributed by atoms with van der Waals surface area (Å²) in [5.74, 6) is 1.67. The van der Waals surface area contributed by atoms with Crippen LogP contribution >= 0.6 is 0 Å². The molecule has 0 saturated carbocycles. The van der Waals surface area contributed by atoms with E-state index in [0.29, 0.717) is 0 Å².